The molecule has 0 saturated heterocycles. The molecule has 0 aliphatic heterocycles. The fourth-order valence-electron chi connectivity index (χ4n) is 2.61. The molecule has 152 valence electrons. The van der Waals surface area contributed by atoms with E-state index < -0.39 is 29.3 Å². The third-order valence-corrected chi connectivity index (χ3v) is 4.02. The van der Waals surface area contributed by atoms with E-state index in [9.17, 15) is 22.7 Å². The van der Waals surface area contributed by atoms with Crippen molar-refractivity contribution in [2.24, 2.45) is 0 Å². The smallest absolute Gasteiger partial charge is 0.394 e. The van der Waals surface area contributed by atoms with Gasteiger partial charge in [0.05, 0.1) is 23.6 Å². The molecule has 2 aromatic carbocycles. The first-order valence-corrected chi connectivity index (χ1v) is 8.72. The predicted octanol–water partition coefficient (Wildman–Crippen LogP) is 4.84. The Bertz CT molecular complexity index is 980. The number of alkyl halides is 3. The van der Waals surface area contributed by atoms with E-state index in [4.69, 9.17) is 0 Å². The maximum atomic E-state index is 14.2. The molecule has 3 rings (SSSR count). The van der Waals surface area contributed by atoms with Crippen LogP contribution < -0.4 is 10.6 Å². The third kappa shape index (κ3) is 5.00. The van der Waals surface area contributed by atoms with E-state index in [0.29, 0.717) is 11.3 Å². The van der Waals surface area contributed by atoms with Crippen LogP contribution in [0.1, 0.15) is 12.5 Å². The van der Waals surface area contributed by atoms with Gasteiger partial charge >= 0.3 is 6.18 Å². The molecule has 5 nitrogen and oxygen atoms in total. The van der Waals surface area contributed by atoms with E-state index in [1.165, 1.54) is 6.07 Å². The molecule has 1 heterocycles. The van der Waals surface area contributed by atoms with Crippen molar-refractivity contribution in [3.63, 3.8) is 0 Å². The third-order valence-electron chi connectivity index (χ3n) is 4.02. The van der Waals surface area contributed by atoms with Crippen LogP contribution in [-0.2, 0) is 6.18 Å². The topological polar surface area (TPSA) is 70.1 Å². The molecule has 0 radical (unpaired) electrons. The number of para-hydroxylation sites is 1. The summed E-state index contributed by atoms with van der Waals surface area (Å²) in [5.41, 5.74) is -0.752. The zero-order chi connectivity index (χ0) is 21.0. The molecule has 0 aliphatic rings. The minimum atomic E-state index is -4.74. The Hall–Kier alpha value is -3.20. The van der Waals surface area contributed by atoms with Crippen LogP contribution in [0.4, 0.5) is 35.0 Å². The van der Waals surface area contributed by atoms with Gasteiger partial charge in [-0.15, -0.1) is 0 Å². The van der Waals surface area contributed by atoms with Crippen LogP contribution in [0.2, 0.25) is 0 Å². The number of aliphatic hydroxyl groups excluding tert-OH is 1. The highest BCUT2D eigenvalue weighted by atomic mass is 19.4. The van der Waals surface area contributed by atoms with Gasteiger partial charge in [-0.05, 0) is 19.1 Å². The van der Waals surface area contributed by atoms with E-state index in [0.717, 1.165) is 18.2 Å². The second-order valence-corrected chi connectivity index (χ2v) is 6.34. The molecule has 1 aromatic heterocycles. The van der Waals surface area contributed by atoms with Gasteiger partial charge < -0.3 is 15.7 Å². The van der Waals surface area contributed by atoms with Crippen LogP contribution in [-0.4, -0.2) is 27.7 Å². The first-order chi connectivity index (χ1) is 13.8. The molecule has 0 saturated carbocycles. The van der Waals surface area contributed by atoms with Gasteiger partial charge in [0.1, 0.15) is 11.6 Å². The number of hydrogen-bond donors (Lipinski definition) is 3. The van der Waals surface area contributed by atoms with Crippen molar-refractivity contribution in [2.45, 2.75) is 19.1 Å². The molecular weight excluding hydrogens is 388 g/mol. The van der Waals surface area contributed by atoms with Crippen molar-refractivity contribution in [2.75, 3.05) is 17.2 Å². The standard InChI is InChI=1S/C20H18F4N4O/c1-12(11-29)25-19-26-16(13-6-3-2-4-7-13)10-17(28-19)27-18-14(20(22,23)24)8-5-9-15(18)21/h2-10,12,29H,11H2,1H3,(H2,25,26,27,28)/t12-/m0/s1. The van der Waals surface area contributed by atoms with Crippen molar-refractivity contribution in [3.8, 4) is 11.3 Å². The van der Waals surface area contributed by atoms with Crippen LogP contribution >= 0.6 is 0 Å². The van der Waals surface area contributed by atoms with E-state index in [1.807, 2.05) is 6.07 Å². The van der Waals surface area contributed by atoms with E-state index >= 15 is 0 Å². The Morgan fingerprint density at radius 1 is 1.03 bits per heavy atom. The molecule has 0 aliphatic carbocycles. The Kier molecular flexibility index (Phi) is 5.97. The summed E-state index contributed by atoms with van der Waals surface area (Å²) in [5.74, 6) is -1.000. The van der Waals surface area contributed by atoms with Crippen molar-refractivity contribution in [1.29, 1.82) is 0 Å². The highest BCUT2D eigenvalue weighted by Crippen LogP contribution is 2.37. The Balaban J connectivity index is 2.07. The lowest BCUT2D eigenvalue weighted by Gasteiger charge is -2.17. The molecule has 0 unspecified atom stereocenters. The molecule has 3 N–H and O–H groups in total. The number of halogens is 4. The largest absolute Gasteiger partial charge is 0.418 e. The molecule has 29 heavy (non-hydrogen) atoms. The second-order valence-electron chi connectivity index (χ2n) is 6.34. The molecule has 0 bridgehead atoms. The van der Waals surface area contributed by atoms with Crippen molar-refractivity contribution < 1.29 is 22.7 Å². The lowest BCUT2D eigenvalue weighted by atomic mass is 10.1. The maximum Gasteiger partial charge on any atom is 0.418 e. The molecular formula is C20H18F4N4O. The fourth-order valence-corrected chi connectivity index (χ4v) is 2.61. The minimum Gasteiger partial charge on any atom is -0.394 e. The van der Waals surface area contributed by atoms with Crippen LogP contribution in [0.15, 0.2) is 54.6 Å². The summed E-state index contributed by atoms with van der Waals surface area (Å²) in [5, 5.41) is 14.5. The average Bonchev–Trinajstić information content (AvgIpc) is 2.69. The highest BCUT2D eigenvalue weighted by Gasteiger charge is 2.35. The SMILES string of the molecule is C[C@@H](CO)Nc1nc(Nc2c(F)cccc2C(F)(F)F)cc(-c2ccccc2)n1. The number of nitrogens with one attached hydrogen (secondary N) is 2. The second kappa shape index (κ2) is 8.44. The molecule has 0 amide bonds. The number of nitrogens with zero attached hydrogens (tertiary/aromatic N) is 2. The van der Waals surface area contributed by atoms with Gasteiger partial charge in [0.15, 0.2) is 0 Å². The Labute approximate surface area is 164 Å². The maximum absolute atomic E-state index is 14.2. The van der Waals surface area contributed by atoms with Gasteiger partial charge in [-0.1, -0.05) is 36.4 Å². The van der Waals surface area contributed by atoms with Gasteiger partial charge in [0.2, 0.25) is 5.95 Å². The number of hydrogen-bond acceptors (Lipinski definition) is 5. The fraction of sp³-hybridized carbons (Fsp3) is 0.200. The van der Waals surface area contributed by atoms with Crippen molar-refractivity contribution in [3.05, 3.63) is 66.0 Å². The van der Waals surface area contributed by atoms with Gasteiger partial charge in [-0.2, -0.15) is 18.2 Å². The Morgan fingerprint density at radius 3 is 2.41 bits per heavy atom. The summed E-state index contributed by atoms with van der Waals surface area (Å²) < 4.78 is 54.1. The van der Waals surface area contributed by atoms with E-state index in [1.54, 1.807) is 31.2 Å². The molecule has 9 heteroatoms. The summed E-state index contributed by atoms with van der Waals surface area (Å²) in [6.07, 6.45) is -4.74. The molecule has 1 atom stereocenters. The van der Waals surface area contributed by atoms with Gasteiger partial charge in [0, 0.05) is 17.7 Å². The number of rotatable bonds is 6. The highest BCUT2D eigenvalue weighted by molar-refractivity contribution is 5.69. The lowest BCUT2D eigenvalue weighted by Crippen LogP contribution is -2.21. The van der Waals surface area contributed by atoms with Crippen LogP contribution in [0.3, 0.4) is 0 Å². The van der Waals surface area contributed by atoms with E-state index in [2.05, 4.69) is 20.6 Å². The summed E-state index contributed by atoms with van der Waals surface area (Å²) in [6.45, 7) is 1.48. The van der Waals surface area contributed by atoms with Crippen LogP contribution in [0, 0.1) is 5.82 Å². The van der Waals surface area contributed by atoms with Crippen LogP contribution in [0.5, 0.6) is 0 Å². The van der Waals surface area contributed by atoms with Crippen molar-refractivity contribution in [1.82, 2.24) is 9.97 Å². The van der Waals surface area contributed by atoms with Gasteiger partial charge in [-0.25, -0.2) is 9.37 Å². The number of anilines is 3. The first-order valence-electron chi connectivity index (χ1n) is 8.72. The van der Waals surface area contributed by atoms with Crippen molar-refractivity contribution >= 4 is 17.5 Å². The summed E-state index contributed by atoms with van der Waals surface area (Å²) >= 11 is 0. The van der Waals surface area contributed by atoms with Crippen LogP contribution in [0.25, 0.3) is 11.3 Å². The quantitative estimate of drug-likeness (QED) is 0.511. The minimum absolute atomic E-state index is 0.0258. The first kappa shape index (κ1) is 20.5. The summed E-state index contributed by atoms with van der Waals surface area (Å²) in [4.78, 5) is 8.47. The molecule has 0 spiro atoms. The lowest BCUT2D eigenvalue weighted by molar-refractivity contribution is -0.137. The Morgan fingerprint density at radius 2 is 1.76 bits per heavy atom. The molecule has 3 aromatic rings. The van der Waals surface area contributed by atoms with Gasteiger partial charge in [0.25, 0.3) is 0 Å². The van der Waals surface area contributed by atoms with E-state index in [-0.39, 0.29) is 18.4 Å². The number of aliphatic hydroxyl groups is 1. The summed E-state index contributed by atoms with van der Waals surface area (Å²) in [7, 11) is 0. The predicted molar refractivity (Wildman–Crippen MR) is 102 cm³/mol. The normalized spacial score (nSPS) is 12.5. The number of aromatic nitrogens is 2. The average molecular weight is 406 g/mol. The zero-order valence-electron chi connectivity index (χ0n) is 15.3. The molecule has 0 fully saturated rings. The zero-order valence-corrected chi connectivity index (χ0v) is 15.3. The summed E-state index contributed by atoms with van der Waals surface area (Å²) in [6, 6.07) is 12.7. The number of benzene rings is 2. The monoisotopic (exact) mass is 406 g/mol. The van der Waals surface area contributed by atoms with Gasteiger partial charge in [-0.3, -0.25) is 0 Å².